The molecule has 0 aliphatic heterocycles. The largest absolute Gasteiger partial charge is 0.504 e. The lowest BCUT2D eigenvalue weighted by atomic mass is 10.5. The first kappa shape index (κ1) is 7.41. The molecule has 0 saturated carbocycles. The maximum atomic E-state index is 9.04. The average molecular weight is 161 g/mol. The second-order valence-corrected chi connectivity index (χ2v) is 2.43. The zero-order valence-corrected chi connectivity index (χ0v) is 6.47. The Bertz CT molecular complexity index is 202. The van der Waals surface area contributed by atoms with Gasteiger partial charge >= 0.3 is 0 Å². The van der Waals surface area contributed by atoms with E-state index in [1.54, 1.807) is 17.8 Å². The fourth-order valence-electron chi connectivity index (χ4n) is 0.708. The molecule has 0 aliphatic rings. The average Bonchev–Trinajstić information content (AvgIpc) is 2.14. The van der Waals surface area contributed by atoms with Crippen molar-refractivity contribution in [1.82, 2.24) is 9.78 Å². The first-order valence-corrected chi connectivity index (χ1v) is 3.56. The third-order valence-electron chi connectivity index (χ3n) is 1.23. The second-order valence-electron chi connectivity index (χ2n) is 2.05. The lowest BCUT2D eigenvalue weighted by molar-refractivity contribution is 0.470. The van der Waals surface area contributed by atoms with Crippen molar-refractivity contribution >= 4 is 11.6 Å². The van der Waals surface area contributed by atoms with Gasteiger partial charge in [-0.2, -0.15) is 5.10 Å². The van der Waals surface area contributed by atoms with Crippen molar-refractivity contribution in [3.05, 3.63) is 11.9 Å². The van der Waals surface area contributed by atoms with Crippen molar-refractivity contribution in [3.8, 4) is 5.75 Å². The van der Waals surface area contributed by atoms with E-state index in [1.807, 2.05) is 0 Å². The third-order valence-corrected chi connectivity index (χ3v) is 1.40. The molecule has 1 heterocycles. The highest BCUT2D eigenvalue weighted by Crippen LogP contribution is 2.11. The highest BCUT2D eigenvalue weighted by Gasteiger charge is 1.99. The number of aromatic hydroxyl groups is 1. The number of nitrogens with zero attached hydrogens (tertiary/aromatic N) is 2. The summed E-state index contributed by atoms with van der Waals surface area (Å²) in [5.74, 6) is 0.741. The topological polar surface area (TPSA) is 38.0 Å². The SMILES string of the molecule is Cc1nn(CCCl)cc1O. The van der Waals surface area contributed by atoms with Crippen LogP contribution < -0.4 is 0 Å². The molecular formula is C6H9ClN2O. The van der Waals surface area contributed by atoms with Gasteiger partial charge in [-0.05, 0) is 6.92 Å². The predicted molar refractivity (Wildman–Crippen MR) is 39.3 cm³/mol. The molecule has 0 aromatic carbocycles. The lowest BCUT2D eigenvalue weighted by Gasteiger charge is -1.92. The Kier molecular flexibility index (Phi) is 2.17. The Morgan fingerprint density at radius 2 is 2.50 bits per heavy atom. The van der Waals surface area contributed by atoms with Gasteiger partial charge in [0.1, 0.15) is 5.69 Å². The standard InChI is InChI=1S/C6H9ClN2O/c1-5-6(10)4-9(8-5)3-2-7/h4,10H,2-3H2,1H3. The predicted octanol–water partition coefficient (Wildman–Crippen LogP) is 1.14. The van der Waals surface area contributed by atoms with E-state index in [1.165, 1.54) is 0 Å². The third kappa shape index (κ3) is 1.42. The van der Waals surface area contributed by atoms with Gasteiger partial charge < -0.3 is 5.11 Å². The van der Waals surface area contributed by atoms with E-state index in [9.17, 15) is 0 Å². The molecule has 0 unspecified atom stereocenters. The van der Waals surface area contributed by atoms with Gasteiger partial charge in [0.05, 0.1) is 12.7 Å². The van der Waals surface area contributed by atoms with Crippen LogP contribution in [0, 0.1) is 6.92 Å². The van der Waals surface area contributed by atoms with Gasteiger partial charge in [-0.15, -0.1) is 11.6 Å². The number of halogens is 1. The van der Waals surface area contributed by atoms with Crippen LogP contribution in [0.15, 0.2) is 6.20 Å². The number of aryl methyl sites for hydroxylation is 2. The summed E-state index contributed by atoms with van der Waals surface area (Å²) < 4.78 is 1.62. The Labute approximate surface area is 64.2 Å². The van der Waals surface area contributed by atoms with Crippen LogP contribution in [0.25, 0.3) is 0 Å². The fourth-order valence-corrected chi connectivity index (χ4v) is 0.882. The molecule has 0 amide bonds. The summed E-state index contributed by atoms with van der Waals surface area (Å²) in [6.07, 6.45) is 1.57. The van der Waals surface area contributed by atoms with Crippen LogP contribution in [0.2, 0.25) is 0 Å². The van der Waals surface area contributed by atoms with Crippen molar-refractivity contribution in [2.45, 2.75) is 13.5 Å². The molecule has 1 rings (SSSR count). The van der Waals surface area contributed by atoms with E-state index >= 15 is 0 Å². The Balaban J connectivity index is 2.77. The molecular weight excluding hydrogens is 152 g/mol. The number of rotatable bonds is 2. The first-order chi connectivity index (χ1) is 4.74. The highest BCUT2D eigenvalue weighted by molar-refractivity contribution is 6.17. The molecule has 0 spiro atoms. The Morgan fingerprint density at radius 1 is 1.80 bits per heavy atom. The molecule has 1 aromatic rings. The van der Waals surface area contributed by atoms with Crippen LogP contribution in [-0.2, 0) is 6.54 Å². The molecule has 56 valence electrons. The molecule has 4 heteroatoms. The summed E-state index contributed by atoms with van der Waals surface area (Å²) in [6, 6.07) is 0. The van der Waals surface area contributed by atoms with Gasteiger partial charge in [-0.25, -0.2) is 0 Å². The van der Waals surface area contributed by atoms with E-state index in [2.05, 4.69) is 5.10 Å². The summed E-state index contributed by atoms with van der Waals surface area (Å²) in [5.41, 5.74) is 0.644. The Morgan fingerprint density at radius 3 is 2.90 bits per heavy atom. The van der Waals surface area contributed by atoms with Gasteiger partial charge in [0.15, 0.2) is 5.75 Å². The van der Waals surface area contributed by atoms with Gasteiger partial charge in [0, 0.05) is 5.88 Å². The maximum absolute atomic E-state index is 9.04. The van der Waals surface area contributed by atoms with Gasteiger partial charge in [-0.1, -0.05) is 0 Å². The molecule has 1 aromatic heterocycles. The van der Waals surface area contributed by atoms with Crippen LogP contribution in [0.3, 0.4) is 0 Å². The van der Waals surface area contributed by atoms with Crippen molar-refractivity contribution in [3.63, 3.8) is 0 Å². The van der Waals surface area contributed by atoms with Gasteiger partial charge in [0.2, 0.25) is 0 Å². The monoisotopic (exact) mass is 160 g/mol. The summed E-state index contributed by atoms with van der Waals surface area (Å²) in [6.45, 7) is 2.39. The van der Waals surface area contributed by atoms with Crippen LogP contribution in [0.1, 0.15) is 5.69 Å². The molecule has 0 saturated heterocycles. The molecule has 1 N–H and O–H groups in total. The number of hydrogen-bond acceptors (Lipinski definition) is 2. The van der Waals surface area contributed by atoms with Gasteiger partial charge in [-0.3, -0.25) is 4.68 Å². The number of hydrogen-bond donors (Lipinski definition) is 1. The highest BCUT2D eigenvalue weighted by atomic mass is 35.5. The summed E-state index contributed by atoms with van der Waals surface area (Å²) >= 11 is 5.46. The zero-order valence-electron chi connectivity index (χ0n) is 5.71. The Hall–Kier alpha value is -0.700. The molecule has 3 nitrogen and oxygen atoms in total. The van der Waals surface area contributed by atoms with Crippen molar-refractivity contribution < 1.29 is 5.11 Å². The maximum Gasteiger partial charge on any atom is 0.156 e. The minimum atomic E-state index is 0.227. The molecule has 10 heavy (non-hydrogen) atoms. The number of aromatic nitrogens is 2. The van der Waals surface area contributed by atoms with E-state index in [0.29, 0.717) is 18.1 Å². The smallest absolute Gasteiger partial charge is 0.156 e. The zero-order chi connectivity index (χ0) is 7.56. The van der Waals surface area contributed by atoms with E-state index in [-0.39, 0.29) is 5.75 Å². The van der Waals surface area contributed by atoms with Gasteiger partial charge in [0.25, 0.3) is 0 Å². The van der Waals surface area contributed by atoms with Crippen LogP contribution >= 0.6 is 11.6 Å². The van der Waals surface area contributed by atoms with Crippen LogP contribution in [-0.4, -0.2) is 20.8 Å². The minimum Gasteiger partial charge on any atom is -0.504 e. The summed E-state index contributed by atoms with van der Waals surface area (Å²) in [7, 11) is 0. The summed E-state index contributed by atoms with van der Waals surface area (Å²) in [4.78, 5) is 0. The normalized spacial score (nSPS) is 10.2. The van der Waals surface area contributed by atoms with Crippen molar-refractivity contribution in [2.24, 2.45) is 0 Å². The molecule has 0 fully saturated rings. The molecule has 0 bridgehead atoms. The van der Waals surface area contributed by atoms with Crippen LogP contribution in [0.5, 0.6) is 5.75 Å². The van der Waals surface area contributed by atoms with E-state index < -0.39 is 0 Å². The second kappa shape index (κ2) is 2.92. The summed E-state index contributed by atoms with van der Waals surface area (Å²) in [5, 5.41) is 13.0. The molecule has 0 aliphatic carbocycles. The van der Waals surface area contributed by atoms with E-state index in [0.717, 1.165) is 0 Å². The van der Waals surface area contributed by atoms with Crippen molar-refractivity contribution in [1.29, 1.82) is 0 Å². The first-order valence-electron chi connectivity index (χ1n) is 3.03. The van der Waals surface area contributed by atoms with Crippen molar-refractivity contribution in [2.75, 3.05) is 5.88 Å². The number of alkyl halides is 1. The quantitative estimate of drug-likeness (QED) is 0.659. The fraction of sp³-hybridized carbons (Fsp3) is 0.500. The molecule has 0 atom stereocenters. The van der Waals surface area contributed by atoms with E-state index in [4.69, 9.17) is 16.7 Å². The van der Waals surface area contributed by atoms with Crippen LogP contribution in [0.4, 0.5) is 0 Å². The minimum absolute atomic E-state index is 0.227. The lowest BCUT2D eigenvalue weighted by Crippen LogP contribution is -1.98. The molecule has 0 radical (unpaired) electrons.